The van der Waals surface area contributed by atoms with E-state index in [4.69, 9.17) is 0 Å². The summed E-state index contributed by atoms with van der Waals surface area (Å²) in [5, 5.41) is 15.8. The molecule has 0 saturated heterocycles. The number of amides is 2. The number of nitrogens with zero attached hydrogens (tertiary/aromatic N) is 1. The molecule has 2 aromatic carbocycles. The number of benzene rings is 2. The molecule has 0 aromatic heterocycles. The summed E-state index contributed by atoms with van der Waals surface area (Å²) < 4.78 is 13.0. The summed E-state index contributed by atoms with van der Waals surface area (Å²) in [5.74, 6) is -0.369. The summed E-state index contributed by atoms with van der Waals surface area (Å²) in [6.07, 6.45) is -0.927. The van der Waals surface area contributed by atoms with E-state index in [2.05, 4.69) is 10.6 Å². The molecule has 2 unspecified atom stereocenters. The first-order valence-electron chi connectivity index (χ1n) is 8.07. The van der Waals surface area contributed by atoms with Gasteiger partial charge in [-0.15, -0.1) is 0 Å². The first-order chi connectivity index (χ1) is 11.8. The molecule has 2 atom stereocenters. The highest BCUT2D eigenvalue weighted by Gasteiger charge is 2.18. The number of aliphatic hydroxyl groups is 1. The van der Waals surface area contributed by atoms with Gasteiger partial charge in [0.2, 0.25) is 0 Å². The van der Waals surface area contributed by atoms with Crippen LogP contribution >= 0.6 is 0 Å². The molecule has 0 aliphatic heterocycles. The Kier molecular flexibility index (Phi) is 5.98. The summed E-state index contributed by atoms with van der Waals surface area (Å²) in [4.78, 5) is 14.2. The molecule has 2 rings (SSSR count). The van der Waals surface area contributed by atoms with Gasteiger partial charge in [-0.05, 0) is 55.3 Å². The fourth-order valence-electron chi connectivity index (χ4n) is 2.46. The minimum absolute atomic E-state index is 0.369. The average Bonchev–Trinajstić information content (AvgIpc) is 2.56. The summed E-state index contributed by atoms with van der Waals surface area (Å²) >= 11 is 0. The van der Waals surface area contributed by atoms with Crippen molar-refractivity contribution in [3.63, 3.8) is 0 Å². The van der Waals surface area contributed by atoms with E-state index in [0.717, 1.165) is 11.3 Å². The highest BCUT2D eigenvalue weighted by atomic mass is 19.1. The van der Waals surface area contributed by atoms with Crippen LogP contribution in [0.2, 0.25) is 0 Å². The number of halogens is 1. The summed E-state index contributed by atoms with van der Waals surface area (Å²) in [5.41, 5.74) is 3.23. The Bertz CT molecular complexity index is 732. The Balaban J connectivity index is 1.98. The van der Waals surface area contributed by atoms with Gasteiger partial charge in [0.25, 0.3) is 0 Å². The molecule has 0 bridgehead atoms. The summed E-state index contributed by atoms with van der Waals surface area (Å²) in [6, 6.07) is 10.3. The number of hydrogen-bond acceptors (Lipinski definition) is 3. The number of rotatable bonds is 5. The maximum Gasteiger partial charge on any atom is 0.319 e. The van der Waals surface area contributed by atoms with Crippen molar-refractivity contribution in [2.45, 2.75) is 26.0 Å². The minimum atomic E-state index is -0.927. The van der Waals surface area contributed by atoms with Gasteiger partial charge in [-0.3, -0.25) is 0 Å². The molecule has 3 N–H and O–H groups in total. The van der Waals surface area contributed by atoms with Crippen molar-refractivity contribution in [1.82, 2.24) is 5.32 Å². The highest BCUT2D eigenvalue weighted by molar-refractivity contribution is 5.90. The Morgan fingerprint density at radius 3 is 2.36 bits per heavy atom. The van der Waals surface area contributed by atoms with Crippen LogP contribution in [0, 0.1) is 12.7 Å². The van der Waals surface area contributed by atoms with Crippen LogP contribution in [-0.4, -0.2) is 31.3 Å². The van der Waals surface area contributed by atoms with Crippen molar-refractivity contribution in [2.24, 2.45) is 0 Å². The van der Waals surface area contributed by atoms with Crippen molar-refractivity contribution in [3.8, 4) is 0 Å². The Labute approximate surface area is 147 Å². The fraction of sp³-hybridized carbons (Fsp3) is 0.316. The third-order valence-corrected chi connectivity index (χ3v) is 4.02. The first kappa shape index (κ1) is 18.7. The molecule has 0 radical (unpaired) electrons. The number of carbonyl (C=O) groups excluding carboxylic acids is 1. The largest absolute Gasteiger partial charge is 0.386 e. The first-order valence-corrected chi connectivity index (χ1v) is 8.07. The minimum Gasteiger partial charge on any atom is -0.386 e. The van der Waals surface area contributed by atoms with E-state index in [0.29, 0.717) is 11.3 Å². The van der Waals surface area contributed by atoms with Crippen LogP contribution in [0.5, 0.6) is 0 Å². The van der Waals surface area contributed by atoms with E-state index >= 15 is 0 Å². The average molecular weight is 345 g/mol. The molecule has 134 valence electrons. The molecule has 0 aliphatic carbocycles. The summed E-state index contributed by atoms with van der Waals surface area (Å²) in [7, 11) is 3.90. The third-order valence-electron chi connectivity index (χ3n) is 4.02. The lowest BCUT2D eigenvalue weighted by atomic mass is 10.0. The summed E-state index contributed by atoms with van der Waals surface area (Å²) in [6.45, 7) is 3.61. The molecular formula is C19H24FN3O2. The monoisotopic (exact) mass is 345 g/mol. The second-order valence-electron chi connectivity index (χ2n) is 6.28. The van der Waals surface area contributed by atoms with Crippen molar-refractivity contribution >= 4 is 17.4 Å². The maximum absolute atomic E-state index is 13.0. The van der Waals surface area contributed by atoms with Gasteiger partial charge in [0.1, 0.15) is 5.82 Å². The lowest BCUT2D eigenvalue weighted by Crippen LogP contribution is -2.39. The zero-order valence-electron chi connectivity index (χ0n) is 14.9. The predicted octanol–water partition coefficient (Wildman–Crippen LogP) is 3.44. The Morgan fingerprint density at radius 2 is 1.80 bits per heavy atom. The smallest absolute Gasteiger partial charge is 0.319 e. The number of nitrogens with one attached hydrogen (secondary N) is 2. The highest BCUT2D eigenvalue weighted by Crippen LogP contribution is 2.22. The Hall–Kier alpha value is -2.60. The molecule has 0 spiro atoms. The van der Waals surface area contributed by atoms with Crippen LogP contribution in [0.3, 0.4) is 0 Å². The van der Waals surface area contributed by atoms with Gasteiger partial charge >= 0.3 is 6.03 Å². The molecule has 6 heteroatoms. The van der Waals surface area contributed by atoms with Crippen LogP contribution in [0.1, 0.15) is 24.2 Å². The number of aliphatic hydroxyl groups excluding tert-OH is 1. The van der Waals surface area contributed by atoms with Gasteiger partial charge < -0.3 is 20.6 Å². The molecular weight excluding hydrogens is 321 g/mol. The van der Waals surface area contributed by atoms with Crippen LogP contribution in [0.4, 0.5) is 20.6 Å². The lowest BCUT2D eigenvalue weighted by Gasteiger charge is -2.21. The van der Waals surface area contributed by atoms with Gasteiger partial charge in [0.15, 0.2) is 0 Å². The van der Waals surface area contributed by atoms with E-state index in [1.165, 1.54) is 24.3 Å². The molecule has 0 aliphatic rings. The third kappa shape index (κ3) is 4.93. The van der Waals surface area contributed by atoms with Crippen molar-refractivity contribution in [3.05, 3.63) is 59.4 Å². The number of hydrogen-bond donors (Lipinski definition) is 3. The van der Waals surface area contributed by atoms with Crippen molar-refractivity contribution in [2.75, 3.05) is 24.3 Å². The number of aryl methyl sites for hydroxylation is 1. The zero-order valence-corrected chi connectivity index (χ0v) is 14.9. The fourth-order valence-corrected chi connectivity index (χ4v) is 2.46. The Morgan fingerprint density at radius 1 is 1.16 bits per heavy atom. The van der Waals surface area contributed by atoms with Gasteiger partial charge in [-0.1, -0.05) is 12.1 Å². The van der Waals surface area contributed by atoms with E-state index < -0.39 is 18.2 Å². The van der Waals surface area contributed by atoms with E-state index in [-0.39, 0.29) is 5.82 Å². The SMILES string of the molecule is Cc1cc(N(C)C)ccc1NC(=O)NC(C)C(O)c1ccc(F)cc1. The zero-order chi connectivity index (χ0) is 18.6. The lowest BCUT2D eigenvalue weighted by molar-refractivity contribution is 0.139. The van der Waals surface area contributed by atoms with E-state index in [1.54, 1.807) is 6.92 Å². The van der Waals surface area contributed by atoms with Crippen LogP contribution in [0.25, 0.3) is 0 Å². The van der Waals surface area contributed by atoms with E-state index in [9.17, 15) is 14.3 Å². The quantitative estimate of drug-likeness (QED) is 0.778. The molecule has 2 aromatic rings. The van der Waals surface area contributed by atoms with Gasteiger partial charge in [0.05, 0.1) is 12.1 Å². The molecule has 25 heavy (non-hydrogen) atoms. The standard InChI is InChI=1S/C19H24FN3O2/c1-12-11-16(23(3)4)9-10-17(12)22-19(25)21-13(2)18(24)14-5-7-15(20)8-6-14/h5-11,13,18,24H,1-4H3,(H2,21,22,25). The number of anilines is 2. The molecule has 0 fully saturated rings. The molecule has 0 heterocycles. The number of urea groups is 1. The van der Waals surface area contributed by atoms with Crippen molar-refractivity contribution < 1.29 is 14.3 Å². The predicted molar refractivity (Wildman–Crippen MR) is 98.5 cm³/mol. The van der Waals surface area contributed by atoms with Gasteiger partial charge in [-0.25, -0.2) is 9.18 Å². The molecule has 2 amide bonds. The van der Waals surface area contributed by atoms with Crippen LogP contribution < -0.4 is 15.5 Å². The second-order valence-corrected chi connectivity index (χ2v) is 6.28. The number of carbonyl (C=O) groups is 1. The van der Waals surface area contributed by atoms with E-state index in [1.807, 2.05) is 44.1 Å². The normalized spacial score (nSPS) is 13.0. The van der Waals surface area contributed by atoms with Crippen LogP contribution in [-0.2, 0) is 0 Å². The molecule has 0 saturated carbocycles. The van der Waals surface area contributed by atoms with Crippen LogP contribution in [0.15, 0.2) is 42.5 Å². The molecule has 5 nitrogen and oxygen atoms in total. The van der Waals surface area contributed by atoms with Gasteiger partial charge in [-0.2, -0.15) is 0 Å². The second kappa shape index (κ2) is 7.98. The topological polar surface area (TPSA) is 64.6 Å². The maximum atomic E-state index is 13.0. The van der Waals surface area contributed by atoms with Gasteiger partial charge in [0, 0.05) is 25.5 Å². The van der Waals surface area contributed by atoms with Crippen molar-refractivity contribution in [1.29, 1.82) is 0 Å².